The second-order valence-electron chi connectivity index (χ2n) is 7.75. The second-order valence-corrected chi connectivity index (χ2v) is 9.72. The van der Waals surface area contributed by atoms with Gasteiger partial charge in [0.05, 0.1) is 22.7 Å². The Labute approximate surface area is 202 Å². The van der Waals surface area contributed by atoms with Crippen molar-refractivity contribution in [3.63, 3.8) is 0 Å². The van der Waals surface area contributed by atoms with Crippen molar-refractivity contribution in [1.82, 2.24) is 4.98 Å². The minimum absolute atomic E-state index is 0.272. The van der Waals surface area contributed by atoms with Crippen molar-refractivity contribution in [1.29, 1.82) is 0 Å². The third kappa shape index (κ3) is 6.36. The third-order valence-corrected chi connectivity index (χ3v) is 7.18. The van der Waals surface area contributed by atoms with Gasteiger partial charge in [-0.05, 0) is 61.0 Å². The number of ketones is 1. The van der Waals surface area contributed by atoms with Crippen molar-refractivity contribution in [3.05, 3.63) is 82.6 Å². The Hall–Kier alpha value is -2.83. The Morgan fingerprint density at radius 3 is 2.39 bits per heavy atom. The molecule has 172 valence electrons. The highest BCUT2D eigenvalue weighted by atomic mass is 35.5. The lowest BCUT2D eigenvalue weighted by Crippen LogP contribution is -2.11. The summed E-state index contributed by atoms with van der Waals surface area (Å²) in [5.74, 6) is 0.220. The minimum Gasteiger partial charge on any atom is -0.343 e. The Bertz CT molecular complexity index is 1130. The van der Waals surface area contributed by atoms with E-state index in [9.17, 15) is 13.8 Å². The maximum atomic E-state index is 12.9. The minimum atomic E-state index is -1.26. The van der Waals surface area contributed by atoms with Crippen LogP contribution in [0.15, 0.2) is 65.7 Å². The largest absolute Gasteiger partial charge is 0.343 e. The standard InChI is InChI=1S/C26H27ClN2O3S/c1-3-4-5-6-15-33(32)25-14-7-19(16-20(25)18-30)26(31)24-13-12-23(17-28-24)29(2)22-10-8-21(27)9-11-22/h7-14,16-18H,3-6,15H2,1-2H3. The number of nitrogens with zero attached hydrogens (tertiary/aromatic N) is 2. The van der Waals surface area contributed by atoms with Gasteiger partial charge in [0, 0.05) is 39.5 Å². The van der Waals surface area contributed by atoms with Gasteiger partial charge < -0.3 is 4.90 Å². The molecule has 0 aliphatic carbocycles. The highest BCUT2D eigenvalue weighted by molar-refractivity contribution is 7.85. The summed E-state index contributed by atoms with van der Waals surface area (Å²) in [4.78, 5) is 31.3. The molecule has 1 aromatic heterocycles. The number of halogens is 1. The van der Waals surface area contributed by atoms with E-state index in [1.165, 1.54) is 6.07 Å². The molecule has 33 heavy (non-hydrogen) atoms. The summed E-state index contributed by atoms with van der Waals surface area (Å²) in [5, 5.41) is 0.659. The smallest absolute Gasteiger partial charge is 0.211 e. The Morgan fingerprint density at radius 1 is 1.03 bits per heavy atom. The maximum Gasteiger partial charge on any atom is 0.211 e. The summed E-state index contributed by atoms with van der Waals surface area (Å²) in [5.41, 5.74) is 2.66. The second kappa shape index (κ2) is 11.9. The lowest BCUT2D eigenvalue weighted by atomic mass is 10.0. The van der Waals surface area contributed by atoms with Crippen molar-refractivity contribution in [3.8, 4) is 0 Å². The fourth-order valence-corrected chi connectivity index (χ4v) is 4.84. The predicted octanol–water partition coefficient (Wildman–Crippen LogP) is 6.23. The molecule has 2 aromatic carbocycles. The van der Waals surface area contributed by atoms with Gasteiger partial charge in [-0.15, -0.1) is 0 Å². The van der Waals surface area contributed by atoms with E-state index < -0.39 is 10.8 Å². The van der Waals surface area contributed by atoms with Gasteiger partial charge in [0.25, 0.3) is 0 Å². The molecule has 0 radical (unpaired) electrons. The lowest BCUT2D eigenvalue weighted by molar-refractivity contribution is 0.103. The fraction of sp³-hybridized carbons (Fsp3) is 0.269. The molecule has 3 rings (SSSR count). The molecule has 0 N–H and O–H groups in total. The van der Waals surface area contributed by atoms with Crippen LogP contribution in [0, 0.1) is 0 Å². The number of hydrogen-bond donors (Lipinski definition) is 0. The summed E-state index contributed by atoms with van der Waals surface area (Å²) in [6.07, 6.45) is 6.36. The number of anilines is 2. The molecule has 0 fully saturated rings. The van der Waals surface area contributed by atoms with Gasteiger partial charge >= 0.3 is 0 Å². The topological polar surface area (TPSA) is 67.3 Å². The van der Waals surface area contributed by atoms with E-state index in [2.05, 4.69) is 11.9 Å². The van der Waals surface area contributed by atoms with E-state index in [1.54, 1.807) is 24.4 Å². The summed E-state index contributed by atoms with van der Waals surface area (Å²) in [7, 11) is 0.638. The average molecular weight is 483 g/mol. The van der Waals surface area contributed by atoms with Crippen LogP contribution < -0.4 is 4.90 Å². The van der Waals surface area contributed by atoms with Gasteiger partial charge in [0.15, 0.2) is 6.29 Å². The van der Waals surface area contributed by atoms with Crippen LogP contribution >= 0.6 is 11.6 Å². The van der Waals surface area contributed by atoms with Crippen LogP contribution in [0.3, 0.4) is 0 Å². The molecule has 7 heteroatoms. The van der Waals surface area contributed by atoms with Crippen molar-refractivity contribution >= 4 is 45.8 Å². The highest BCUT2D eigenvalue weighted by Gasteiger charge is 2.16. The Morgan fingerprint density at radius 2 is 1.76 bits per heavy atom. The molecule has 0 saturated carbocycles. The first-order chi connectivity index (χ1) is 15.9. The van der Waals surface area contributed by atoms with Gasteiger partial charge in [0.1, 0.15) is 5.69 Å². The zero-order chi connectivity index (χ0) is 23.8. The van der Waals surface area contributed by atoms with Crippen LogP contribution in [0.5, 0.6) is 0 Å². The third-order valence-electron chi connectivity index (χ3n) is 5.41. The van der Waals surface area contributed by atoms with Crippen LogP contribution in [-0.2, 0) is 10.8 Å². The quantitative estimate of drug-likeness (QED) is 0.184. The zero-order valence-corrected chi connectivity index (χ0v) is 20.4. The van der Waals surface area contributed by atoms with Gasteiger partial charge in [-0.1, -0.05) is 37.8 Å². The van der Waals surface area contributed by atoms with Gasteiger partial charge in [-0.3, -0.25) is 18.8 Å². The summed E-state index contributed by atoms with van der Waals surface area (Å²) in [6, 6.07) is 15.6. The SMILES string of the molecule is CCCCCCS(=O)c1ccc(C(=O)c2ccc(N(C)c3ccc(Cl)cc3)cn2)cc1C=O. The fourth-order valence-electron chi connectivity index (χ4n) is 3.44. The molecule has 0 aliphatic rings. The first kappa shape index (κ1) is 24.8. The van der Waals surface area contributed by atoms with E-state index >= 15 is 0 Å². The highest BCUT2D eigenvalue weighted by Crippen LogP contribution is 2.25. The zero-order valence-electron chi connectivity index (χ0n) is 18.8. The molecule has 1 unspecified atom stereocenters. The number of carbonyl (C=O) groups excluding carboxylic acids is 2. The molecular formula is C26H27ClN2O3S. The van der Waals surface area contributed by atoms with Crippen molar-refractivity contribution in [2.45, 2.75) is 37.5 Å². The number of carbonyl (C=O) groups is 2. The molecular weight excluding hydrogens is 456 g/mol. The molecule has 3 aromatic rings. The number of rotatable bonds is 11. The maximum absolute atomic E-state index is 12.9. The van der Waals surface area contributed by atoms with Crippen LogP contribution in [0.4, 0.5) is 11.4 Å². The number of aromatic nitrogens is 1. The first-order valence-electron chi connectivity index (χ1n) is 10.9. The molecule has 5 nitrogen and oxygen atoms in total. The molecule has 0 saturated heterocycles. The molecule has 0 amide bonds. The molecule has 0 aliphatic heterocycles. The number of pyridine rings is 1. The normalized spacial score (nSPS) is 11.7. The number of benzene rings is 2. The molecule has 0 bridgehead atoms. The van der Waals surface area contributed by atoms with Crippen LogP contribution in [-0.4, -0.2) is 34.1 Å². The van der Waals surface area contributed by atoms with E-state index in [-0.39, 0.29) is 17.0 Å². The summed E-state index contributed by atoms with van der Waals surface area (Å²) >= 11 is 5.95. The molecule has 0 spiro atoms. The van der Waals surface area contributed by atoms with E-state index in [4.69, 9.17) is 11.6 Å². The first-order valence-corrected chi connectivity index (χ1v) is 12.6. The van der Waals surface area contributed by atoms with E-state index in [0.29, 0.717) is 27.5 Å². The summed E-state index contributed by atoms with van der Waals surface area (Å²) in [6.45, 7) is 2.12. The van der Waals surface area contributed by atoms with Gasteiger partial charge in [-0.2, -0.15) is 0 Å². The van der Waals surface area contributed by atoms with Crippen LogP contribution in [0.1, 0.15) is 59.0 Å². The van der Waals surface area contributed by atoms with Crippen molar-refractivity contribution < 1.29 is 13.8 Å². The number of unbranched alkanes of at least 4 members (excludes halogenated alkanes) is 3. The Kier molecular flexibility index (Phi) is 8.92. The van der Waals surface area contributed by atoms with Crippen LogP contribution in [0.2, 0.25) is 5.02 Å². The van der Waals surface area contributed by atoms with Gasteiger partial charge in [-0.25, -0.2) is 0 Å². The van der Waals surface area contributed by atoms with E-state index in [1.807, 2.05) is 42.3 Å². The lowest BCUT2D eigenvalue weighted by Gasteiger charge is -2.19. The van der Waals surface area contributed by atoms with Crippen LogP contribution in [0.25, 0.3) is 0 Å². The number of aldehydes is 1. The van der Waals surface area contributed by atoms with Crippen molar-refractivity contribution in [2.75, 3.05) is 17.7 Å². The Balaban J connectivity index is 1.74. The van der Waals surface area contributed by atoms with Gasteiger partial charge in [0.2, 0.25) is 5.78 Å². The monoisotopic (exact) mass is 482 g/mol. The van der Waals surface area contributed by atoms with E-state index in [0.717, 1.165) is 37.1 Å². The molecule has 1 atom stereocenters. The average Bonchev–Trinajstić information content (AvgIpc) is 2.85. The van der Waals surface area contributed by atoms with Crippen molar-refractivity contribution in [2.24, 2.45) is 0 Å². The predicted molar refractivity (Wildman–Crippen MR) is 134 cm³/mol. The summed E-state index contributed by atoms with van der Waals surface area (Å²) < 4.78 is 12.6. The molecule has 1 heterocycles. The number of hydrogen-bond acceptors (Lipinski definition) is 5.